The minimum atomic E-state index is -2.89. The summed E-state index contributed by atoms with van der Waals surface area (Å²) in [6.45, 7) is 3.29. The summed E-state index contributed by atoms with van der Waals surface area (Å²) in [5, 5.41) is 8.41. The zero-order valence-electron chi connectivity index (χ0n) is 22.4. The third kappa shape index (κ3) is 5.01. The zero-order chi connectivity index (χ0) is 27.7. The van der Waals surface area contributed by atoms with Gasteiger partial charge in [0.2, 0.25) is 0 Å². The van der Waals surface area contributed by atoms with Crippen molar-refractivity contribution in [3.05, 3.63) is 77.5 Å². The highest BCUT2D eigenvalue weighted by Crippen LogP contribution is 2.44. The van der Waals surface area contributed by atoms with E-state index in [2.05, 4.69) is 20.3 Å². The van der Waals surface area contributed by atoms with Gasteiger partial charge in [0.15, 0.2) is 0 Å². The van der Waals surface area contributed by atoms with E-state index in [9.17, 15) is 13.2 Å². The maximum absolute atomic E-state index is 14.9. The van der Waals surface area contributed by atoms with Crippen LogP contribution in [0.5, 0.6) is 5.75 Å². The van der Waals surface area contributed by atoms with Gasteiger partial charge in [-0.15, -0.1) is 0 Å². The van der Waals surface area contributed by atoms with E-state index < -0.39 is 29.4 Å². The maximum atomic E-state index is 14.9. The van der Waals surface area contributed by atoms with Crippen molar-refractivity contribution in [2.45, 2.75) is 37.8 Å². The number of hydrogen-bond acceptors (Lipinski definition) is 6. The molecule has 1 saturated heterocycles. The van der Waals surface area contributed by atoms with Crippen molar-refractivity contribution in [1.29, 1.82) is 0 Å². The van der Waals surface area contributed by atoms with Crippen LogP contribution in [-0.4, -0.2) is 42.1 Å². The average Bonchev–Trinajstić information content (AvgIpc) is 3.38. The lowest BCUT2D eigenvalue weighted by Crippen LogP contribution is -2.44. The summed E-state index contributed by atoms with van der Waals surface area (Å²) in [6.07, 6.45) is 4.09. The van der Waals surface area contributed by atoms with Gasteiger partial charge in [0.1, 0.15) is 11.6 Å². The number of aromatic nitrogens is 3. The van der Waals surface area contributed by atoms with Crippen LogP contribution >= 0.6 is 0 Å². The number of alkyl halides is 2. The molecule has 3 heterocycles. The lowest BCUT2D eigenvalue weighted by atomic mass is 9.82. The van der Waals surface area contributed by atoms with Crippen molar-refractivity contribution >= 4 is 22.3 Å². The molecule has 0 radical (unpaired) electrons. The second-order valence-electron chi connectivity index (χ2n) is 9.90. The average molecular weight is 540 g/mol. The van der Waals surface area contributed by atoms with Gasteiger partial charge in [-0.2, -0.15) is 5.10 Å². The molecule has 5 rings (SSSR count). The molecule has 0 spiro atoms. The van der Waals surface area contributed by atoms with Crippen LogP contribution in [-0.2, 0) is 17.4 Å². The van der Waals surface area contributed by atoms with Crippen LogP contribution in [0, 0.1) is 5.82 Å². The fourth-order valence-electron chi connectivity index (χ4n) is 5.49. The maximum Gasteiger partial charge on any atom is 0.266 e. The predicted octanol–water partition coefficient (Wildman–Crippen LogP) is 6.37. The van der Waals surface area contributed by atoms with Gasteiger partial charge in [-0.05, 0) is 31.9 Å². The third-order valence-corrected chi connectivity index (χ3v) is 7.70. The molecule has 2 aromatic carbocycles. The van der Waals surface area contributed by atoms with E-state index in [0.717, 1.165) is 48.6 Å². The van der Waals surface area contributed by atoms with Gasteiger partial charge in [0, 0.05) is 67.9 Å². The molecule has 2 aromatic heterocycles. The minimum absolute atomic E-state index is 0.169. The zero-order valence-corrected chi connectivity index (χ0v) is 22.4. The Morgan fingerprint density at radius 2 is 1.82 bits per heavy atom. The topological polar surface area (TPSA) is 64.4 Å². The predicted molar refractivity (Wildman–Crippen MR) is 145 cm³/mol. The second-order valence-corrected chi connectivity index (χ2v) is 9.90. The molecule has 4 aromatic rings. The number of rotatable bonds is 8. The number of nitrogens with zero attached hydrogens (tertiary/aromatic N) is 4. The van der Waals surface area contributed by atoms with Crippen LogP contribution in [0.1, 0.15) is 48.9 Å². The fourth-order valence-corrected chi connectivity index (χ4v) is 5.49. The molecule has 0 bridgehead atoms. The summed E-state index contributed by atoms with van der Waals surface area (Å²) in [4.78, 5) is 6.81. The summed E-state index contributed by atoms with van der Waals surface area (Å²) >= 11 is 0. The molecule has 0 amide bonds. The lowest BCUT2D eigenvalue weighted by molar-refractivity contribution is -0.0360. The first-order valence-electron chi connectivity index (χ1n) is 12.9. The van der Waals surface area contributed by atoms with Gasteiger partial charge in [-0.1, -0.05) is 18.2 Å². The van der Waals surface area contributed by atoms with Crippen molar-refractivity contribution in [2.24, 2.45) is 7.05 Å². The van der Waals surface area contributed by atoms with E-state index in [1.807, 2.05) is 31.6 Å². The Balaban J connectivity index is 1.49. The molecule has 1 aliphatic rings. The quantitative estimate of drug-likeness (QED) is 0.281. The first-order valence-corrected chi connectivity index (χ1v) is 12.9. The Morgan fingerprint density at radius 3 is 2.46 bits per heavy atom. The first kappa shape index (κ1) is 26.8. The first-order chi connectivity index (χ1) is 18.8. The van der Waals surface area contributed by atoms with Crippen LogP contribution < -0.4 is 15.0 Å². The van der Waals surface area contributed by atoms with Crippen molar-refractivity contribution < 1.29 is 22.6 Å². The molecule has 0 unspecified atom stereocenters. The lowest BCUT2D eigenvalue weighted by Gasteiger charge is -2.42. The van der Waals surface area contributed by atoms with Crippen LogP contribution in [0.4, 0.5) is 24.5 Å². The Morgan fingerprint density at radius 1 is 1.08 bits per heavy atom. The molecule has 0 aliphatic carbocycles. The fraction of sp³-hybridized carbons (Fsp3) is 0.379. The van der Waals surface area contributed by atoms with Crippen LogP contribution in [0.3, 0.4) is 0 Å². The van der Waals surface area contributed by atoms with Crippen LogP contribution in [0.25, 0.3) is 10.9 Å². The van der Waals surface area contributed by atoms with E-state index in [1.165, 1.54) is 12.1 Å². The van der Waals surface area contributed by atoms with E-state index in [1.54, 1.807) is 38.1 Å². The van der Waals surface area contributed by atoms with Gasteiger partial charge < -0.3 is 19.7 Å². The number of halogens is 3. The van der Waals surface area contributed by atoms with Crippen molar-refractivity contribution in [2.75, 3.05) is 37.5 Å². The van der Waals surface area contributed by atoms with Gasteiger partial charge >= 0.3 is 0 Å². The Kier molecular flexibility index (Phi) is 7.40. The standard InChI is InChI=1S/C29H32F3N5O2/c1-18(20-6-5-7-21(27(20)30)28(31)32)35-24-8-11-33-25-15-26(38-3)23(14-22(24)25)29(39-4)9-12-37(13-10-29)19-16-34-36(2)17-19/h5-8,11,14-18,28H,9-10,12-13H2,1-4H3,(H,33,35)/t18-/m1/s1. The molecule has 206 valence electrons. The summed E-state index contributed by atoms with van der Waals surface area (Å²) in [5.41, 5.74) is 2.34. The molecule has 1 aliphatic heterocycles. The molecular weight excluding hydrogens is 507 g/mol. The molecule has 0 saturated carbocycles. The summed E-state index contributed by atoms with van der Waals surface area (Å²) in [5.74, 6) is -0.223. The highest BCUT2D eigenvalue weighted by atomic mass is 19.3. The van der Waals surface area contributed by atoms with Gasteiger partial charge in [-0.25, -0.2) is 13.2 Å². The van der Waals surface area contributed by atoms with E-state index in [4.69, 9.17) is 9.47 Å². The summed E-state index contributed by atoms with van der Waals surface area (Å²) in [7, 11) is 5.24. The number of anilines is 2. The number of hydrogen-bond donors (Lipinski definition) is 1. The van der Waals surface area contributed by atoms with E-state index >= 15 is 0 Å². The highest BCUT2D eigenvalue weighted by molar-refractivity contribution is 5.93. The second kappa shape index (κ2) is 10.8. The number of piperidine rings is 1. The molecular formula is C29H32F3N5O2. The highest BCUT2D eigenvalue weighted by Gasteiger charge is 2.39. The Hall–Kier alpha value is -3.79. The monoisotopic (exact) mass is 539 g/mol. The third-order valence-electron chi connectivity index (χ3n) is 7.70. The van der Waals surface area contributed by atoms with Gasteiger partial charge in [0.25, 0.3) is 6.43 Å². The number of aryl methyl sites for hydroxylation is 1. The summed E-state index contributed by atoms with van der Waals surface area (Å²) < 4.78 is 55.2. The number of pyridine rings is 1. The smallest absolute Gasteiger partial charge is 0.266 e. The minimum Gasteiger partial charge on any atom is -0.496 e. The molecule has 7 nitrogen and oxygen atoms in total. The number of nitrogens with one attached hydrogen (secondary N) is 1. The van der Waals surface area contributed by atoms with Crippen LogP contribution in [0.15, 0.2) is 55.0 Å². The molecule has 1 atom stereocenters. The summed E-state index contributed by atoms with van der Waals surface area (Å²) in [6, 6.07) is 9.21. The Labute approximate surface area is 225 Å². The molecule has 1 N–H and O–H groups in total. The number of ether oxygens (including phenoxy) is 2. The molecule has 1 fully saturated rings. The number of benzene rings is 2. The number of fused-ring (bicyclic) bond motifs is 1. The normalized spacial score (nSPS) is 16.1. The molecule has 10 heteroatoms. The van der Waals surface area contributed by atoms with Crippen molar-refractivity contribution in [3.63, 3.8) is 0 Å². The van der Waals surface area contributed by atoms with Crippen molar-refractivity contribution in [1.82, 2.24) is 14.8 Å². The SMILES string of the molecule is COc1cc2nccc(N[C@H](C)c3cccc(C(F)F)c3F)c2cc1C1(OC)CCN(c2cnn(C)c2)CC1. The Bertz CT molecular complexity index is 1470. The van der Waals surface area contributed by atoms with Crippen LogP contribution in [0.2, 0.25) is 0 Å². The van der Waals surface area contributed by atoms with Gasteiger partial charge in [0.05, 0.1) is 41.7 Å². The van der Waals surface area contributed by atoms with E-state index in [-0.39, 0.29) is 5.56 Å². The van der Waals surface area contributed by atoms with Gasteiger partial charge in [-0.3, -0.25) is 9.67 Å². The number of methoxy groups -OCH3 is 2. The van der Waals surface area contributed by atoms with E-state index in [0.29, 0.717) is 17.0 Å². The van der Waals surface area contributed by atoms with Crippen molar-refractivity contribution in [3.8, 4) is 5.75 Å². The molecule has 39 heavy (non-hydrogen) atoms. The largest absolute Gasteiger partial charge is 0.496 e.